The van der Waals surface area contributed by atoms with Crippen LogP contribution in [-0.4, -0.2) is 42.2 Å². The van der Waals surface area contributed by atoms with Crippen LogP contribution in [0, 0.1) is 0 Å². The third kappa shape index (κ3) is 4.01. The lowest BCUT2D eigenvalue weighted by Gasteiger charge is -2.12. The van der Waals surface area contributed by atoms with Crippen molar-refractivity contribution in [3.05, 3.63) is 42.2 Å². The molecule has 122 valence electrons. The minimum Gasteiger partial charge on any atom is -0.488 e. The summed E-state index contributed by atoms with van der Waals surface area (Å²) in [4.78, 5) is 11.9. The molecular formula is C16H20N4O3. The van der Waals surface area contributed by atoms with E-state index in [-0.39, 0.29) is 12.1 Å². The first-order valence-corrected chi connectivity index (χ1v) is 7.55. The van der Waals surface area contributed by atoms with Crippen LogP contribution in [-0.2, 0) is 17.7 Å². The second kappa shape index (κ2) is 7.15. The molecule has 0 spiro atoms. The van der Waals surface area contributed by atoms with Gasteiger partial charge in [-0.05, 0) is 11.6 Å². The van der Waals surface area contributed by atoms with Gasteiger partial charge in [0.15, 0.2) is 0 Å². The maximum absolute atomic E-state index is 11.9. The third-order valence-electron chi connectivity index (χ3n) is 3.62. The van der Waals surface area contributed by atoms with Gasteiger partial charge in [-0.25, -0.2) is 4.79 Å². The van der Waals surface area contributed by atoms with E-state index >= 15 is 0 Å². The van der Waals surface area contributed by atoms with Crippen molar-refractivity contribution in [1.29, 1.82) is 0 Å². The van der Waals surface area contributed by atoms with Gasteiger partial charge in [0, 0.05) is 19.7 Å². The first-order chi connectivity index (χ1) is 11.2. The number of carbonyl (C=O) groups excluding carboxylic acids is 1. The van der Waals surface area contributed by atoms with E-state index in [0.717, 1.165) is 12.2 Å². The standard InChI is InChI=1S/C16H20N4O3/c1-22-7-6-20-11-13(9-18-20)19-16(21)17-10-14-8-12-4-2-3-5-15(12)23-14/h2-5,9,11,14H,6-8,10H2,1H3,(H2,17,19,21)/t14-/m0/s1. The first kappa shape index (κ1) is 15.4. The van der Waals surface area contributed by atoms with E-state index in [1.165, 1.54) is 5.56 Å². The van der Waals surface area contributed by atoms with Crippen molar-refractivity contribution < 1.29 is 14.3 Å². The lowest BCUT2D eigenvalue weighted by molar-refractivity contribution is 0.183. The van der Waals surface area contributed by atoms with Gasteiger partial charge in [-0.15, -0.1) is 0 Å². The molecular weight excluding hydrogens is 296 g/mol. The van der Waals surface area contributed by atoms with Crippen LogP contribution in [0.15, 0.2) is 36.7 Å². The Kier molecular flexibility index (Phi) is 4.77. The fourth-order valence-electron chi connectivity index (χ4n) is 2.48. The summed E-state index contributed by atoms with van der Waals surface area (Å²) in [7, 11) is 1.64. The number of anilines is 1. The molecule has 0 radical (unpaired) electrons. The Balaban J connectivity index is 1.43. The summed E-state index contributed by atoms with van der Waals surface area (Å²) in [5, 5.41) is 9.72. The van der Waals surface area contributed by atoms with Crippen LogP contribution < -0.4 is 15.4 Å². The van der Waals surface area contributed by atoms with Gasteiger partial charge in [-0.2, -0.15) is 5.10 Å². The molecule has 1 aliphatic heterocycles. The summed E-state index contributed by atoms with van der Waals surface area (Å²) in [6.45, 7) is 1.68. The molecule has 0 aliphatic carbocycles. The normalized spacial score (nSPS) is 15.8. The number of para-hydroxylation sites is 1. The molecule has 2 heterocycles. The number of urea groups is 1. The number of aromatic nitrogens is 2. The molecule has 1 atom stereocenters. The summed E-state index contributed by atoms with van der Waals surface area (Å²) < 4.78 is 12.5. The number of benzene rings is 1. The summed E-state index contributed by atoms with van der Waals surface area (Å²) in [6, 6.07) is 7.66. The minimum absolute atomic E-state index is 0.0254. The quantitative estimate of drug-likeness (QED) is 0.849. The van der Waals surface area contributed by atoms with Crippen LogP contribution in [0.25, 0.3) is 0 Å². The molecule has 3 rings (SSSR count). The molecule has 0 fully saturated rings. The predicted octanol–water partition coefficient (Wildman–Crippen LogP) is 1.65. The molecule has 1 aliphatic rings. The van der Waals surface area contributed by atoms with Gasteiger partial charge in [0.25, 0.3) is 0 Å². The molecule has 2 N–H and O–H groups in total. The van der Waals surface area contributed by atoms with Gasteiger partial charge in [0.05, 0.1) is 31.6 Å². The number of hydrogen-bond donors (Lipinski definition) is 2. The van der Waals surface area contributed by atoms with Gasteiger partial charge < -0.3 is 20.1 Å². The van der Waals surface area contributed by atoms with E-state index in [9.17, 15) is 4.79 Å². The number of amides is 2. The number of nitrogens with one attached hydrogen (secondary N) is 2. The molecule has 2 amide bonds. The number of ether oxygens (including phenoxy) is 2. The Morgan fingerprint density at radius 3 is 3.17 bits per heavy atom. The summed E-state index contributed by atoms with van der Waals surface area (Å²) in [6.07, 6.45) is 4.16. The van der Waals surface area contributed by atoms with Crippen molar-refractivity contribution in [3.8, 4) is 5.75 Å². The molecule has 0 unspecified atom stereocenters. The second-order valence-corrected chi connectivity index (χ2v) is 5.37. The highest BCUT2D eigenvalue weighted by molar-refractivity contribution is 5.88. The van der Waals surface area contributed by atoms with Crippen molar-refractivity contribution in [2.75, 3.05) is 25.6 Å². The molecule has 0 saturated heterocycles. The van der Waals surface area contributed by atoms with Crippen molar-refractivity contribution >= 4 is 11.7 Å². The number of carbonyl (C=O) groups is 1. The van der Waals surface area contributed by atoms with Crippen LogP contribution in [0.5, 0.6) is 5.75 Å². The Hall–Kier alpha value is -2.54. The van der Waals surface area contributed by atoms with E-state index in [1.807, 2.05) is 24.3 Å². The zero-order chi connectivity index (χ0) is 16.1. The maximum Gasteiger partial charge on any atom is 0.319 e. The van der Waals surface area contributed by atoms with E-state index in [1.54, 1.807) is 24.2 Å². The Morgan fingerprint density at radius 1 is 1.48 bits per heavy atom. The van der Waals surface area contributed by atoms with Crippen LogP contribution in [0.2, 0.25) is 0 Å². The predicted molar refractivity (Wildman–Crippen MR) is 85.7 cm³/mol. The fourth-order valence-corrected chi connectivity index (χ4v) is 2.48. The van der Waals surface area contributed by atoms with Gasteiger partial charge in [0.1, 0.15) is 11.9 Å². The first-order valence-electron chi connectivity index (χ1n) is 7.55. The number of rotatable bonds is 6. The molecule has 7 heteroatoms. The number of nitrogens with zero attached hydrogens (tertiary/aromatic N) is 2. The van der Waals surface area contributed by atoms with E-state index in [0.29, 0.717) is 25.4 Å². The van der Waals surface area contributed by atoms with Gasteiger partial charge in [-0.1, -0.05) is 18.2 Å². The third-order valence-corrected chi connectivity index (χ3v) is 3.62. The van der Waals surface area contributed by atoms with Crippen LogP contribution in [0.4, 0.5) is 10.5 Å². The van der Waals surface area contributed by atoms with Crippen LogP contribution in [0.1, 0.15) is 5.56 Å². The highest BCUT2D eigenvalue weighted by Gasteiger charge is 2.22. The SMILES string of the molecule is COCCn1cc(NC(=O)NC[C@@H]2Cc3ccccc3O2)cn1. The molecule has 0 saturated carbocycles. The van der Waals surface area contributed by atoms with E-state index < -0.39 is 0 Å². The Morgan fingerprint density at radius 2 is 2.35 bits per heavy atom. The lowest BCUT2D eigenvalue weighted by Crippen LogP contribution is -2.37. The lowest BCUT2D eigenvalue weighted by atomic mass is 10.1. The van der Waals surface area contributed by atoms with Crippen molar-refractivity contribution in [2.45, 2.75) is 19.1 Å². The van der Waals surface area contributed by atoms with Crippen molar-refractivity contribution in [3.63, 3.8) is 0 Å². The zero-order valence-corrected chi connectivity index (χ0v) is 13.0. The maximum atomic E-state index is 11.9. The largest absolute Gasteiger partial charge is 0.488 e. The molecule has 23 heavy (non-hydrogen) atoms. The summed E-state index contributed by atoms with van der Waals surface area (Å²) in [5.41, 5.74) is 1.83. The van der Waals surface area contributed by atoms with Gasteiger partial charge >= 0.3 is 6.03 Å². The molecule has 1 aromatic carbocycles. The smallest absolute Gasteiger partial charge is 0.319 e. The topological polar surface area (TPSA) is 77.4 Å². The Bertz CT molecular complexity index is 646. The number of hydrogen-bond acceptors (Lipinski definition) is 4. The van der Waals surface area contributed by atoms with Crippen LogP contribution >= 0.6 is 0 Å². The summed E-state index contributed by atoms with van der Waals surface area (Å²) in [5.74, 6) is 0.902. The second-order valence-electron chi connectivity index (χ2n) is 5.37. The molecule has 1 aromatic heterocycles. The molecule has 0 bridgehead atoms. The zero-order valence-electron chi connectivity index (χ0n) is 13.0. The minimum atomic E-state index is -0.268. The van der Waals surface area contributed by atoms with Gasteiger partial charge in [0.2, 0.25) is 0 Å². The number of fused-ring (bicyclic) bond motifs is 1. The number of methoxy groups -OCH3 is 1. The highest BCUT2D eigenvalue weighted by Crippen LogP contribution is 2.27. The Labute approximate surface area is 134 Å². The average Bonchev–Trinajstić information content (AvgIpc) is 3.17. The van der Waals surface area contributed by atoms with E-state index in [4.69, 9.17) is 9.47 Å². The van der Waals surface area contributed by atoms with Crippen molar-refractivity contribution in [1.82, 2.24) is 15.1 Å². The fraction of sp³-hybridized carbons (Fsp3) is 0.375. The highest BCUT2D eigenvalue weighted by atomic mass is 16.5. The average molecular weight is 316 g/mol. The monoisotopic (exact) mass is 316 g/mol. The summed E-state index contributed by atoms with van der Waals surface area (Å²) >= 11 is 0. The van der Waals surface area contributed by atoms with Crippen molar-refractivity contribution in [2.24, 2.45) is 0 Å². The molecule has 2 aromatic rings. The van der Waals surface area contributed by atoms with Crippen LogP contribution in [0.3, 0.4) is 0 Å². The molecule has 7 nitrogen and oxygen atoms in total. The van der Waals surface area contributed by atoms with E-state index in [2.05, 4.69) is 15.7 Å². The van der Waals surface area contributed by atoms with Gasteiger partial charge in [-0.3, -0.25) is 4.68 Å².